The number of carbonyl (C=O) groups excluding carboxylic acids is 4. The maximum atomic E-state index is 14.4. The van der Waals surface area contributed by atoms with Crippen molar-refractivity contribution < 1.29 is 33.8 Å². The minimum Gasteiger partial charge on any atom is -0.394 e. The van der Waals surface area contributed by atoms with E-state index in [1.165, 1.54) is 0 Å². The summed E-state index contributed by atoms with van der Waals surface area (Å²) >= 11 is 1.57. The monoisotopic (exact) mass is 751 g/mol. The zero-order valence-electron chi connectivity index (χ0n) is 34.1. The summed E-state index contributed by atoms with van der Waals surface area (Å²) in [5, 5.41) is 20.0. The highest BCUT2D eigenvalue weighted by Gasteiger charge is 2.44. The first-order chi connectivity index (χ1) is 24.3. The molecule has 12 nitrogen and oxygen atoms in total. The van der Waals surface area contributed by atoms with Gasteiger partial charge in [0.15, 0.2) is 0 Å². The number of nitrogens with zero attached hydrogens (tertiary/aromatic N) is 3. The molecule has 1 fully saturated rings. The summed E-state index contributed by atoms with van der Waals surface area (Å²) in [6.07, 6.45) is 1.57. The van der Waals surface area contributed by atoms with E-state index in [0.29, 0.717) is 19.4 Å². The highest BCUT2D eigenvalue weighted by atomic mass is 32.1. The van der Waals surface area contributed by atoms with Crippen molar-refractivity contribution in [2.45, 2.75) is 130 Å². The third kappa shape index (κ3) is 12.0. The molecule has 1 saturated heterocycles. The Morgan fingerprint density at radius 1 is 1.04 bits per heavy atom. The molecule has 0 spiro atoms. The molecule has 3 N–H and O–H groups in total. The normalized spacial score (nSPS) is 19.8. The molecule has 2 heterocycles. The number of likely N-dealkylation sites (N-methyl/N-ethyl adjacent to an activating group) is 2. The van der Waals surface area contributed by atoms with Gasteiger partial charge in [0.2, 0.25) is 23.6 Å². The number of nitrogens with one attached hydrogen (secondary N) is 2. The van der Waals surface area contributed by atoms with Crippen molar-refractivity contribution in [2.24, 2.45) is 23.2 Å². The Morgan fingerprint density at radius 3 is 2.17 bits per heavy atom. The van der Waals surface area contributed by atoms with Crippen LogP contribution in [0.25, 0.3) is 0 Å². The largest absolute Gasteiger partial charge is 0.394 e. The highest BCUT2D eigenvalue weighted by Crippen LogP contribution is 2.31. The number of aliphatic hydroxyl groups excluding tert-OH is 1. The Kier molecular flexibility index (Phi) is 18.2. The minimum absolute atomic E-state index is 0.0217. The van der Waals surface area contributed by atoms with Crippen LogP contribution in [0, 0.1) is 23.2 Å². The zero-order valence-corrected chi connectivity index (χ0v) is 34.9. The summed E-state index contributed by atoms with van der Waals surface area (Å²) in [5.74, 6) is -1.37. The third-order valence-corrected chi connectivity index (χ3v) is 11.5. The lowest BCUT2D eigenvalue weighted by Gasteiger charge is -2.42. The first-order valence-electron chi connectivity index (χ1n) is 18.8. The number of ether oxygens (including phenoxy) is 2. The molecule has 1 aromatic heterocycles. The topological polar surface area (TPSA) is 141 Å². The van der Waals surface area contributed by atoms with Crippen LogP contribution in [0.5, 0.6) is 0 Å². The Hall–Kier alpha value is -2.58. The van der Waals surface area contributed by atoms with Crippen molar-refractivity contribution in [3.8, 4) is 0 Å². The average Bonchev–Trinajstić information content (AvgIpc) is 3.78. The van der Waals surface area contributed by atoms with E-state index in [4.69, 9.17) is 9.47 Å². The van der Waals surface area contributed by atoms with Gasteiger partial charge in [-0.25, -0.2) is 0 Å². The number of likely N-dealkylation sites (tertiary alicyclic amines) is 1. The highest BCUT2D eigenvalue weighted by molar-refractivity contribution is 7.07. The summed E-state index contributed by atoms with van der Waals surface area (Å²) < 4.78 is 12.0. The van der Waals surface area contributed by atoms with Gasteiger partial charge in [0.1, 0.15) is 6.04 Å². The van der Waals surface area contributed by atoms with Crippen LogP contribution in [0.3, 0.4) is 0 Å². The summed E-state index contributed by atoms with van der Waals surface area (Å²) in [7, 11) is 8.59. The van der Waals surface area contributed by atoms with E-state index in [1.807, 2.05) is 84.3 Å². The molecule has 1 aliphatic heterocycles. The van der Waals surface area contributed by atoms with E-state index >= 15 is 0 Å². The first-order valence-corrected chi connectivity index (χ1v) is 19.8. The van der Waals surface area contributed by atoms with Crippen LogP contribution in [0.4, 0.5) is 0 Å². The molecule has 0 radical (unpaired) electrons. The van der Waals surface area contributed by atoms with E-state index in [2.05, 4.69) is 10.6 Å². The van der Waals surface area contributed by atoms with E-state index in [-0.39, 0.29) is 54.5 Å². The van der Waals surface area contributed by atoms with Crippen LogP contribution < -0.4 is 10.6 Å². The van der Waals surface area contributed by atoms with Crippen molar-refractivity contribution in [3.63, 3.8) is 0 Å². The van der Waals surface area contributed by atoms with Gasteiger partial charge < -0.3 is 35.0 Å². The quantitative estimate of drug-likeness (QED) is 0.183. The second kappa shape index (κ2) is 20.8. The number of thiophene rings is 1. The lowest BCUT2D eigenvalue weighted by Crippen LogP contribution is -2.61. The summed E-state index contributed by atoms with van der Waals surface area (Å²) in [4.78, 5) is 60.9. The van der Waals surface area contributed by atoms with Crippen molar-refractivity contribution in [1.82, 2.24) is 25.3 Å². The van der Waals surface area contributed by atoms with Gasteiger partial charge in [-0.2, -0.15) is 11.3 Å². The van der Waals surface area contributed by atoms with Gasteiger partial charge in [0.05, 0.1) is 55.3 Å². The number of aliphatic hydroxyl groups is 1. The molecule has 2 rings (SSSR count). The molecular formula is C39H69N5O7S. The molecule has 298 valence electrons. The van der Waals surface area contributed by atoms with Crippen LogP contribution in [0.15, 0.2) is 16.8 Å². The van der Waals surface area contributed by atoms with Crippen LogP contribution >= 0.6 is 11.3 Å². The molecule has 0 saturated carbocycles. The predicted octanol–water partition coefficient (Wildman–Crippen LogP) is 3.81. The van der Waals surface area contributed by atoms with Crippen LogP contribution in [-0.4, -0.2) is 134 Å². The minimum atomic E-state index is -0.806. The third-order valence-electron chi connectivity index (χ3n) is 10.7. The van der Waals surface area contributed by atoms with E-state index < -0.39 is 47.7 Å². The van der Waals surface area contributed by atoms with Gasteiger partial charge >= 0.3 is 0 Å². The fourth-order valence-electron chi connectivity index (χ4n) is 7.71. The van der Waals surface area contributed by atoms with Gasteiger partial charge in [-0.3, -0.25) is 24.1 Å². The molecule has 0 bridgehead atoms. The van der Waals surface area contributed by atoms with Crippen molar-refractivity contribution in [1.29, 1.82) is 0 Å². The van der Waals surface area contributed by atoms with Gasteiger partial charge in [-0.15, -0.1) is 0 Å². The number of rotatable bonds is 20. The van der Waals surface area contributed by atoms with Crippen molar-refractivity contribution >= 4 is 35.0 Å². The molecule has 52 heavy (non-hydrogen) atoms. The number of hydrogen-bond donors (Lipinski definition) is 3. The van der Waals surface area contributed by atoms with Gasteiger partial charge in [-0.1, -0.05) is 61.8 Å². The number of methoxy groups -OCH3 is 2. The Morgan fingerprint density at radius 2 is 1.69 bits per heavy atom. The maximum Gasteiger partial charge on any atom is 0.245 e. The molecule has 1 aliphatic rings. The molecule has 1 aromatic rings. The van der Waals surface area contributed by atoms with Gasteiger partial charge in [0, 0.05) is 27.8 Å². The summed E-state index contributed by atoms with van der Waals surface area (Å²) in [6.45, 7) is 16.0. The fourth-order valence-corrected chi connectivity index (χ4v) is 8.39. The lowest BCUT2D eigenvalue weighted by molar-refractivity contribution is -0.149. The van der Waals surface area contributed by atoms with Crippen LogP contribution in [0.1, 0.15) is 86.6 Å². The molecule has 0 unspecified atom stereocenters. The second-order valence-electron chi connectivity index (χ2n) is 16.3. The number of amides is 4. The van der Waals surface area contributed by atoms with Crippen molar-refractivity contribution in [3.05, 3.63) is 22.4 Å². The van der Waals surface area contributed by atoms with Crippen LogP contribution in [-0.2, 0) is 35.1 Å². The molecule has 4 amide bonds. The zero-order chi connectivity index (χ0) is 39.5. The van der Waals surface area contributed by atoms with Crippen LogP contribution in [0.2, 0.25) is 0 Å². The molecule has 0 aromatic carbocycles. The van der Waals surface area contributed by atoms with E-state index in [1.54, 1.807) is 49.3 Å². The molecule has 9 atom stereocenters. The number of hydrogen-bond acceptors (Lipinski definition) is 9. The summed E-state index contributed by atoms with van der Waals surface area (Å²) in [5.41, 5.74) is 0.460. The maximum absolute atomic E-state index is 14.4. The standard InChI is InChI=1S/C39H69N5O7S/c1-14-25(4)33(43(11)38(49)35(39(6,7)8)41-37(48)32(24(2)3)42(9)10)30(50-12)21-31(46)44-18-15-16-29(44)34(51-13)26(5)36(47)40-28(22-45)20-27-17-19-52-23-27/h17,19,23-26,28-30,32-35,45H,14-16,18,20-22H2,1-13H3,(H,40,47)(H,41,48)/t25-,26+,28-,29-,30+,32-,33-,34+,35+/m0/s1. The smallest absolute Gasteiger partial charge is 0.245 e. The average molecular weight is 752 g/mol. The van der Waals surface area contributed by atoms with Crippen molar-refractivity contribution in [2.75, 3.05) is 48.5 Å². The Balaban J connectivity index is 2.29. The summed E-state index contributed by atoms with van der Waals surface area (Å²) in [6, 6.07) is -0.444. The fraction of sp³-hybridized carbons (Fsp3) is 0.795. The van der Waals surface area contributed by atoms with E-state index in [0.717, 1.165) is 18.4 Å². The van der Waals surface area contributed by atoms with Gasteiger partial charge in [-0.05, 0) is 73.0 Å². The number of carbonyl (C=O) groups is 4. The molecule has 0 aliphatic carbocycles. The first kappa shape index (κ1) is 45.6. The predicted molar refractivity (Wildman–Crippen MR) is 207 cm³/mol. The van der Waals surface area contributed by atoms with E-state index in [9.17, 15) is 24.3 Å². The Labute approximate surface area is 317 Å². The molecular weight excluding hydrogens is 683 g/mol. The molecule has 13 heteroatoms. The Bertz CT molecular complexity index is 1260. The second-order valence-corrected chi connectivity index (χ2v) is 17.1. The van der Waals surface area contributed by atoms with Gasteiger partial charge in [0.25, 0.3) is 0 Å². The SMILES string of the molecule is CC[C@H](C)[C@@H]([C@@H](CC(=O)N1CCC[C@H]1[C@H](OC)[C@@H](C)C(=O)N[C@H](CO)Cc1ccsc1)OC)N(C)C(=O)[C@@H](NC(=O)[C@H](C(C)C)N(C)C)C(C)(C)C. The lowest BCUT2D eigenvalue weighted by atomic mass is 9.83.